The van der Waals surface area contributed by atoms with Crippen LogP contribution in [0.3, 0.4) is 0 Å². The maximum Gasteiger partial charge on any atom is 0.425 e. The van der Waals surface area contributed by atoms with E-state index in [1.807, 2.05) is 0 Å². The molecule has 86 valence electrons. The molecule has 2 aromatic rings. The van der Waals surface area contributed by atoms with Gasteiger partial charge in [0.05, 0.1) is 12.7 Å². The summed E-state index contributed by atoms with van der Waals surface area (Å²) in [5.41, 5.74) is 0.632. The molecule has 0 aliphatic heterocycles. The standard InChI is InChI=1S/C9H8F3N3S/c1-6-4-8(9(10,11)12)16-7(6)5-15-3-2-13-14-15/h2-4H,5H2,1H3. The fraction of sp³-hybridized carbons (Fsp3) is 0.333. The molecule has 0 unspecified atom stereocenters. The van der Waals surface area contributed by atoms with Crippen molar-refractivity contribution in [2.45, 2.75) is 19.6 Å². The average molecular weight is 247 g/mol. The first-order chi connectivity index (χ1) is 7.47. The lowest BCUT2D eigenvalue weighted by Gasteiger charge is -2.01. The molecule has 0 bridgehead atoms. The van der Waals surface area contributed by atoms with Crippen molar-refractivity contribution in [2.75, 3.05) is 0 Å². The van der Waals surface area contributed by atoms with Gasteiger partial charge in [0.25, 0.3) is 0 Å². The number of rotatable bonds is 2. The molecular weight excluding hydrogens is 239 g/mol. The highest BCUT2D eigenvalue weighted by molar-refractivity contribution is 7.12. The largest absolute Gasteiger partial charge is 0.425 e. The number of alkyl halides is 3. The van der Waals surface area contributed by atoms with Gasteiger partial charge >= 0.3 is 6.18 Å². The molecule has 2 heterocycles. The van der Waals surface area contributed by atoms with Crippen LogP contribution < -0.4 is 0 Å². The fourth-order valence-electron chi connectivity index (χ4n) is 1.28. The number of aryl methyl sites for hydroxylation is 1. The van der Waals surface area contributed by atoms with Crippen LogP contribution in [0, 0.1) is 6.92 Å². The molecule has 0 spiro atoms. The van der Waals surface area contributed by atoms with Gasteiger partial charge in [-0.1, -0.05) is 5.21 Å². The molecule has 0 aliphatic rings. The molecule has 0 saturated heterocycles. The molecule has 7 heteroatoms. The van der Waals surface area contributed by atoms with Crippen molar-refractivity contribution in [3.8, 4) is 0 Å². The van der Waals surface area contributed by atoms with E-state index in [1.165, 1.54) is 10.9 Å². The Balaban J connectivity index is 2.26. The summed E-state index contributed by atoms with van der Waals surface area (Å²) in [6, 6.07) is 1.16. The van der Waals surface area contributed by atoms with Crippen molar-refractivity contribution in [3.05, 3.63) is 33.8 Å². The first-order valence-corrected chi connectivity index (χ1v) is 5.29. The zero-order chi connectivity index (χ0) is 11.8. The van der Waals surface area contributed by atoms with Crippen LogP contribution in [0.15, 0.2) is 18.5 Å². The maximum atomic E-state index is 12.4. The predicted octanol–water partition coefficient (Wildman–Crippen LogP) is 2.72. The topological polar surface area (TPSA) is 30.7 Å². The highest BCUT2D eigenvalue weighted by Crippen LogP contribution is 2.36. The molecule has 0 saturated carbocycles. The van der Waals surface area contributed by atoms with Crippen LogP contribution in [0.5, 0.6) is 0 Å². The number of nitrogens with zero attached hydrogens (tertiary/aromatic N) is 3. The van der Waals surface area contributed by atoms with Crippen molar-refractivity contribution in [2.24, 2.45) is 0 Å². The molecule has 3 nitrogen and oxygen atoms in total. The minimum atomic E-state index is -4.27. The Bertz CT molecular complexity index is 473. The predicted molar refractivity (Wildman–Crippen MR) is 53.2 cm³/mol. The lowest BCUT2D eigenvalue weighted by molar-refractivity contribution is -0.134. The normalized spacial score (nSPS) is 12.0. The van der Waals surface area contributed by atoms with Gasteiger partial charge in [-0.2, -0.15) is 13.2 Å². The van der Waals surface area contributed by atoms with Crippen LogP contribution in [0.25, 0.3) is 0 Å². The summed E-state index contributed by atoms with van der Waals surface area (Å²) in [6.45, 7) is 1.99. The second-order valence-electron chi connectivity index (χ2n) is 3.32. The van der Waals surface area contributed by atoms with Gasteiger partial charge in [-0.05, 0) is 18.6 Å². The Kier molecular flexibility index (Phi) is 2.71. The number of aromatic nitrogens is 3. The molecule has 0 amide bonds. The van der Waals surface area contributed by atoms with Gasteiger partial charge in [-0.3, -0.25) is 0 Å². The van der Waals surface area contributed by atoms with Crippen molar-refractivity contribution >= 4 is 11.3 Å². The zero-order valence-electron chi connectivity index (χ0n) is 8.32. The molecule has 2 aromatic heterocycles. The summed E-state index contributed by atoms with van der Waals surface area (Å²) >= 11 is 0.751. The van der Waals surface area contributed by atoms with Crippen LogP contribution in [-0.2, 0) is 12.7 Å². The second-order valence-corrected chi connectivity index (χ2v) is 4.45. The van der Waals surface area contributed by atoms with E-state index in [-0.39, 0.29) is 0 Å². The van der Waals surface area contributed by atoms with Crippen LogP contribution in [0.1, 0.15) is 15.3 Å². The SMILES string of the molecule is Cc1cc(C(F)(F)F)sc1Cn1ccnn1. The quantitative estimate of drug-likeness (QED) is 0.817. The van der Waals surface area contributed by atoms with Gasteiger partial charge < -0.3 is 0 Å². The molecular formula is C9H8F3N3S. The highest BCUT2D eigenvalue weighted by Gasteiger charge is 2.33. The molecule has 0 fully saturated rings. The van der Waals surface area contributed by atoms with Gasteiger partial charge in [-0.25, -0.2) is 4.68 Å². The Morgan fingerprint density at radius 3 is 2.69 bits per heavy atom. The highest BCUT2D eigenvalue weighted by atomic mass is 32.1. The second kappa shape index (κ2) is 3.89. The Labute approximate surface area is 93.5 Å². The number of thiophene rings is 1. The van der Waals surface area contributed by atoms with E-state index in [9.17, 15) is 13.2 Å². The molecule has 0 aromatic carbocycles. The van der Waals surface area contributed by atoms with Crippen molar-refractivity contribution in [3.63, 3.8) is 0 Å². The number of hydrogen-bond donors (Lipinski definition) is 0. The van der Waals surface area contributed by atoms with E-state index in [2.05, 4.69) is 10.3 Å². The van der Waals surface area contributed by atoms with Crippen molar-refractivity contribution in [1.29, 1.82) is 0 Å². The van der Waals surface area contributed by atoms with Gasteiger partial charge in [0.15, 0.2) is 0 Å². The summed E-state index contributed by atoms with van der Waals surface area (Å²) in [6.07, 6.45) is -1.16. The summed E-state index contributed by atoms with van der Waals surface area (Å²) in [5.74, 6) is 0. The van der Waals surface area contributed by atoms with E-state index >= 15 is 0 Å². The Hall–Kier alpha value is -1.37. The maximum absolute atomic E-state index is 12.4. The lowest BCUT2D eigenvalue weighted by Crippen LogP contribution is -2.01. The number of hydrogen-bond acceptors (Lipinski definition) is 3. The van der Waals surface area contributed by atoms with Crippen LogP contribution >= 0.6 is 11.3 Å². The monoisotopic (exact) mass is 247 g/mol. The fourth-order valence-corrected chi connectivity index (χ4v) is 2.31. The summed E-state index contributed by atoms with van der Waals surface area (Å²) < 4.78 is 38.8. The van der Waals surface area contributed by atoms with Gasteiger partial charge in [0, 0.05) is 11.1 Å². The van der Waals surface area contributed by atoms with Gasteiger partial charge in [0.2, 0.25) is 0 Å². The first kappa shape index (κ1) is 11.1. The van der Waals surface area contributed by atoms with E-state index < -0.39 is 11.1 Å². The minimum absolute atomic E-state index is 0.326. The third-order valence-corrected chi connectivity index (χ3v) is 3.34. The van der Waals surface area contributed by atoms with Crippen LogP contribution in [-0.4, -0.2) is 15.0 Å². The van der Waals surface area contributed by atoms with E-state index in [4.69, 9.17) is 0 Å². The third kappa shape index (κ3) is 2.24. The minimum Gasteiger partial charge on any atom is -0.247 e. The molecule has 0 aliphatic carbocycles. The molecule has 0 radical (unpaired) electrons. The van der Waals surface area contributed by atoms with E-state index in [1.54, 1.807) is 13.1 Å². The third-order valence-electron chi connectivity index (χ3n) is 2.08. The average Bonchev–Trinajstić information content (AvgIpc) is 2.76. The summed E-state index contributed by atoms with van der Waals surface area (Å²) in [7, 11) is 0. The van der Waals surface area contributed by atoms with E-state index in [0.29, 0.717) is 17.0 Å². The molecule has 0 atom stereocenters. The smallest absolute Gasteiger partial charge is 0.247 e. The summed E-state index contributed by atoms with van der Waals surface area (Å²) in [4.78, 5) is 0.0814. The van der Waals surface area contributed by atoms with Crippen LogP contribution in [0.2, 0.25) is 0 Å². The van der Waals surface area contributed by atoms with Crippen LogP contribution in [0.4, 0.5) is 13.2 Å². The van der Waals surface area contributed by atoms with Crippen molar-refractivity contribution in [1.82, 2.24) is 15.0 Å². The summed E-state index contributed by atoms with van der Waals surface area (Å²) in [5, 5.41) is 7.32. The van der Waals surface area contributed by atoms with Gasteiger partial charge in [0.1, 0.15) is 4.88 Å². The molecule has 0 N–H and O–H groups in total. The van der Waals surface area contributed by atoms with Crippen molar-refractivity contribution < 1.29 is 13.2 Å². The number of halogens is 3. The Morgan fingerprint density at radius 1 is 1.44 bits per heavy atom. The first-order valence-electron chi connectivity index (χ1n) is 4.47. The lowest BCUT2D eigenvalue weighted by atomic mass is 10.2. The Morgan fingerprint density at radius 2 is 2.19 bits per heavy atom. The molecule has 16 heavy (non-hydrogen) atoms. The van der Waals surface area contributed by atoms with E-state index in [0.717, 1.165) is 17.4 Å². The van der Waals surface area contributed by atoms with Gasteiger partial charge in [-0.15, -0.1) is 16.4 Å². The zero-order valence-corrected chi connectivity index (χ0v) is 9.14. The molecule has 2 rings (SSSR count).